The van der Waals surface area contributed by atoms with E-state index in [0.717, 1.165) is 10.2 Å². The monoisotopic (exact) mass is 528 g/mol. The van der Waals surface area contributed by atoms with E-state index in [1.165, 1.54) is 23.1 Å². The molecule has 0 saturated heterocycles. The third kappa shape index (κ3) is 6.19. The average Bonchev–Trinajstić information content (AvgIpc) is 3.39. The standard InChI is InChI=1S/C24H25ClN6O2S2/c1-14(2)12-18(26-22(33)15-8-4-5-9-16(15)25)21-29-30-24(31(21)3)34-13-20(32)28-23-27-17-10-6-7-11-19(17)35-23/h4-11,14,18H,12-13H2,1-3H3,(H,26,33)(H,27,28,32). The Bertz CT molecular complexity index is 1320. The Kier molecular flexibility index (Phi) is 8.04. The van der Waals surface area contributed by atoms with Crippen molar-refractivity contribution in [3.8, 4) is 0 Å². The Hall–Kier alpha value is -2.95. The highest BCUT2D eigenvalue weighted by Crippen LogP contribution is 2.27. The molecule has 0 bridgehead atoms. The maximum atomic E-state index is 12.9. The quantitative estimate of drug-likeness (QED) is 0.285. The van der Waals surface area contributed by atoms with Gasteiger partial charge in [0, 0.05) is 7.05 Å². The largest absolute Gasteiger partial charge is 0.342 e. The molecule has 2 amide bonds. The number of aromatic nitrogens is 4. The molecule has 2 aromatic carbocycles. The summed E-state index contributed by atoms with van der Waals surface area (Å²) < 4.78 is 2.83. The fourth-order valence-electron chi connectivity index (χ4n) is 3.55. The fraction of sp³-hybridized carbons (Fsp3) is 0.292. The molecule has 1 atom stereocenters. The molecule has 2 heterocycles. The molecule has 0 radical (unpaired) electrons. The number of anilines is 1. The maximum Gasteiger partial charge on any atom is 0.253 e. The molecule has 4 aromatic rings. The van der Waals surface area contributed by atoms with Gasteiger partial charge in [0.1, 0.15) is 0 Å². The number of thioether (sulfide) groups is 1. The normalized spacial score (nSPS) is 12.1. The van der Waals surface area contributed by atoms with Crippen LogP contribution < -0.4 is 10.6 Å². The Morgan fingerprint density at radius 3 is 2.60 bits per heavy atom. The third-order valence-corrected chi connectivity index (χ3v) is 7.49. The van der Waals surface area contributed by atoms with Gasteiger partial charge in [-0.15, -0.1) is 10.2 Å². The van der Waals surface area contributed by atoms with Crippen LogP contribution in [-0.2, 0) is 11.8 Å². The second kappa shape index (κ2) is 11.2. The zero-order valence-electron chi connectivity index (χ0n) is 19.5. The molecule has 11 heteroatoms. The van der Waals surface area contributed by atoms with Gasteiger partial charge in [-0.1, -0.05) is 72.8 Å². The number of amides is 2. The van der Waals surface area contributed by atoms with Crippen LogP contribution in [0, 0.1) is 5.92 Å². The van der Waals surface area contributed by atoms with E-state index in [0.29, 0.717) is 39.0 Å². The number of para-hydroxylation sites is 1. The van der Waals surface area contributed by atoms with Crippen LogP contribution in [0.15, 0.2) is 53.7 Å². The molecular weight excluding hydrogens is 504 g/mol. The number of halogens is 1. The van der Waals surface area contributed by atoms with E-state index in [1.54, 1.807) is 24.3 Å². The van der Waals surface area contributed by atoms with Crippen molar-refractivity contribution in [2.75, 3.05) is 11.1 Å². The van der Waals surface area contributed by atoms with Gasteiger partial charge in [-0.25, -0.2) is 4.98 Å². The van der Waals surface area contributed by atoms with Crippen LogP contribution in [-0.4, -0.2) is 37.3 Å². The molecule has 2 aromatic heterocycles. The van der Waals surface area contributed by atoms with Crippen molar-refractivity contribution in [3.05, 3.63) is 64.9 Å². The van der Waals surface area contributed by atoms with Crippen molar-refractivity contribution < 1.29 is 9.59 Å². The summed E-state index contributed by atoms with van der Waals surface area (Å²) in [6.07, 6.45) is 0.672. The van der Waals surface area contributed by atoms with Crippen molar-refractivity contribution in [2.45, 2.75) is 31.5 Å². The lowest BCUT2D eigenvalue weighted by Gasteiger charge is -2.20. The number of rotatable bonds is 9. The number of carbonyl (C=O) groups is 2. The van der Waals surface area contributed by atoms with Gasteiger partial charge in [0.25, 0.3) is 5.91 Å². The zero-order valence-corrected chi connectivity index (χ0v) is 21.9. The van der Waals surface area contributed by atoms with Gasteiger partial charge in [0.05, 0.1) is 32.6 Å². The van der Waals surface area contributed by atoms with Gasteiger partial charge in [-0.2, -0.15) is 0 Å². The van der Waals surface area contributed by atoms with Gasteiger partial charge < -0.3 is 15.2 Å². The summed E-state index contributed by atoms with van der Waals surface area (Å²) in [5.74, 6) is 0.632. The number of fused-ring (bicyclic) bond motifs is 1. The summed E-state index contributed by atoms with van der Waals surface area (Å²) in [7, 11) is 1.83. The van der Waals surface area contributed by atoms with E-state index in [-0.39, 0.29) is 23.6 Å². The highest BCUT2D eigenvalue weighted by Gasteiger charge is 2.24. The van der Waals surface area contributed by atoms with Crippen molar-refractivity contribution in [3.63, 3.8) is 0 Å². The summed E-state index contributed by atoms with van der Waals surface area (Å²) >= 11 is 8.91. The number of hydrogen-bond acceptors (Lipinski definition) is 7. The fourth-order valence-corrected chi connectivity index (χ4v) is 5.37. The second-order valence-electron chi connectivity index (χ2n) is 8.36. The van der Waals surface area contributed by atoms with Gasteiger partial charge in [-0.05, 0) is 36.6 Å². The first-order valence-electron chi connectivity index (χ1n) is 11.0. The highest BCUT2D eigenvalue weighted by atomic mass is 35.5. The number of hydrogen-bond donors (Lipinski definition) is 2. The predicted molar refractivity (Wildman–Crippen MR) is 141 cm³/mol. The first kappa shape index (κ1) is 25.2. The molecule has 0 aliphatic heterocycles. The molecule has 0 fully saturated rings. The van der Waals surface area contributed by atoms with Gasteiger partial charge >= 0.3 is 0 Å². The molecule has 2 N–H and O–H groups in total. The third-order valence-electron chi connectivity index (χ3n) is 5.18. The Morgan fingerprint density at radius 2 is 1.86 bits per heavy atom. The molecular formula is C24H25ClN6O2S2. The lowest BCUT2D eigenvalue weighted by Crippen LogP contribution is -2.31. The lowest BCUT2D eigenvalue weighted by molar-refractivity contribution is -0.113. The Labute approximate surface area is 216 Å². The van der Waals surface area contributed by atoms with Gasteiger partial charge in [-0.3, -0.25) is 9.59 Å². The highest BCUT2D eigenvalue weighted by molar-refractivity contribution is 7.99. The minimum Gasteiger partial charge on any atom is -0.342 e. The van der Waals surface area contributed by atoms with Crippen molar-refractivity contribution in [1.29, 1.82) is 0 Å². The first-order valence-corrected chi connectivity index (χ1v) is 13.2. The van der Waals surface area contributed by atoms with E-state index in [4.69, 9.17) is 11.6 Å². The smallest absolute Gasteiger partial charge is 0.253 e. The summed E-state index contributed by atoms with van der Waals surface area (Å²) in [4.78, 5) is 29.8. The van der Waals surface area contributed by atoms with Gasteiger partial charge in [0.15, 0.2) is 16.1 Å². The topological polar surface area (TPSA) is 102 Å². The first-order chi connectivity index (χ1) is 16.8. The summed E-state index contributed by atoms with van der Waals surface area (Å²) in [6, 6.07) is 14.3. The molecule has 1 unspecified atom stereocenters. The molecule has 0 aliphatic rings. The summed E-state index contributed by atoms with van der Waals surface area (Å²) in [6.45, 7) is 4.15. The predicted octanol–water partition coefficient (Wildman–Crippen LogP) is 5.33. The van der Waals surface area contributed by atoms with E-state index >= 15 is 0 Å². The molecule has 0 saturated carbocycles. The van der Waals surface area contributed by atoms with Crippen molar-refractivity contribution in [1.82, 2.24) is 25.1 Å². The van der Waals surface area contributed by atoms with Gasteiger partial charge in [0.2, 0.25) is 5.91 Å². The molecule has 0 aliphatic carbocycles. The average molecular weight is 529 g/mol. The molecule has 4 rings (SSSR count). The van der Waals surface area contributed by atoms with E-state index < -0.39 is 0 Å². The second-order valence-corrected chi connectivity index (χ2v) is 10.7. The zero-order chi connectivity index (χ0) is 24.9. The van der Waals surface area contributed by atoms with E-state index in [9.17, 15) is 9.59 Å². The van der Waals surface area contributed by atoms with Crippen LogP contribution in [0.4, 0.5) is 5.13 Å². The van der Waals surface area contributed by atoms with Crippen LogP contribution in [0.5, 0.6) is 0 Å². The van der Waals surface area contributed by atoms with E-state index in [1.807, 2.05) is 35.9 Å². The lowest BCUT2D eigenvalue weighted by atomic mass is 10.0. The Balaban J connectivity index is 1.42. The minimum atomic E-state index is -0.359. The molecule has 8 nitrogen and oxygen atoms in total. The van der Waals surface area contributed by atoms with Crippen LogP contribution in [0.3, 0.4) is 0 Å². The number of benzene rings is 2. The number of carbonyl (C=O) groups excluding carboxylic acids is 2. The van der Waals surface area contributed by atoms with Crippen LogP contribution in [0.2, 0.25) is 5.02 Å². The number of nitrogens with zero attached hydrogens (tertiary/aromatic N) is 4. The molecule has 182 valence electrons. The maximum absolute atomic E-state index is 12.9. The van der Waals surface area contributed by atoms with E-state index in [2.05, 4.69) is 39.7 Å². The van der Waals surface area contributed by atoms with Crippen molar-refractivity contribution >= 4 is 61.9 Å². The van der Waals surface area contributed by atoms with Crippen LogP contribution in [0.25, 0.3) is 10.2 Å². The number of thiazole rings is 1. The SMILES string of the molecule is CC(C)CC(NC(=O)c1ccccc1Cl)c1nnc(SCC(=O)Nc2nc3ccccc3s2)n1C. The minimum absolute atomic E-state index is 0.155. The molecule has 0 spiro atoms. The number of nitrogens with one attached hydrogen (secondary N) is 2. The van der Waals surface area contributed by atoms with Crippen LogP contribution >= 0.6 is 34.7 Å². The molecule has 35 heavy (non-hydrogen) atoms. The Morgan fingerprint density at radius 1 is 1.11 bits per heavy atom. The van der Waals surface area contributed by atoms with Crippen molar-refractivity contribution in [2.24, 2.45) is 13.0 Å². The summed E-state index contributed by atoms with van der Waals surface area (Å²) in [5, 5.41) is 16.0. The van der Waals surface area contributed by atoms with Crippen LogP contribution in [0.1, 0.15) is 42.5 Å². The summed E-state index contributed by atoms with van der Waals surface area (Å²) in [5.41, 5.74) is 1.26.